The average Bonchev–Trinajstić information content (AvgIpc) is 3.27. The SMILES string of the molecule is O=C(c1ccc(Cl)cc1NS(=O)(=O)c1cccc2nsnc12)C1CCc2ccccc2C1. The summed E-state index contributed by atoms with van der Waals surface area (Å²) in [5.74, 6) is -0.317. The van der Waals surface area contributed by atoms with Crippen molar-refractivity contribution in [2.24, 2.45) is 5.92 Å². The number of carbonyl (C=O) groups excluding carboxylic acids is 1. The van der Waals surface area contributed by atoms with E-state index in [-0.39, 0.29) is 22.3 Å². The summed E-state index contributed by atoms with van der Waals surface area (Å²) in [4.78, 5) is 13.4. The van der Waals surface area contributed by atoms with E-state index in [4.69, 9.17) is 11.6 Å². The zero-order chi connectivity index (χ0) is 22.3. The maximum atomic E-state index is 13.4. The van der Waals surface area contributed by atoms with Crippen molar-refractivity contribution >= 4 is 55.9 Å². The van der Waals surface area contributed by atoms with Gasteiger partial charge in [-0.05, 0) is 60.7 Å². The third-order valence-corrected chi connectivity index (χ3v) is 7.92. The van der Waals surface area contributed by atoms with E-state index in [1.165, 1.54) is 17.7 Å². The summed E-state index contributed by atoms with van der Waals surface area (Å²) in [5.41, 5.74) is 3.70. The summed E-state index contributed by atoms with van der Waals surface area (Å²) in [6, 6.07) is 17.6. The Morgan fingerprint density at radius 3 is 2.69 bits per heavy atom. The number of sulfonamides is 1. The number of ketones is 1. The lowest BCUT2D eigenvalue weighted by Gasteiger charge is -2.24. The van der Waals surface area contributed by atoms with Crippen molar-refractivity contribution in [3.63, 3.8) is 0 Å². The first-order chi connectivity index (χ1) is 15.4. The van der Waals surface area contributed by atoms with Crippen LogP contribution in [0.2, 0.25) is 5.02 Å². The molecule has 1 aromatic heterocycles. The number of hydrogen-bond acceptors (Lipinski definition) is 6. The molecule has 4 aromatic rings. The standard InChI is InChI=1S/C23H18ClN3O3S2/c24-17-10-11-18(23(28)16-9-8-14-4-1-2-5-15(14)12-16)20(13-17)27-32(29,30)21-7-3-6-19-22(21)26-31-25-19/h1-7,10-11,13,16,27H,8-9,12H2. The summed E-state index contributed by atoms with van der Waals surface area (Å²) in [5, 5.41) is 0.335. The third-order valence-electron chi connectivity index (χ3n) is 5.75. The molecule has 1 aliphatic carbocycles. The monoisotopic (exact) mass is 483 g/mol. The Hall–Kier alpha value is -2.81. The second kappa shape index (κ2) is 8.27. The third kappa shape index (κ3) is 3.90. The minimum absolute atomic E-state index is 0.00807. The number of aromatic nitrogens is 2. The van der Waals surface area contributed by atoms with Crippen molar-refractivity contribution in [2.45, 2.75) is 24.2 Å². The van der Waals surface area contributed by atoms with Gasteiger partial charge in [0.15, 0.2) is 5.78 Å². The number of nitrogens with zero attached hydrogens (tertiary/aromatic N) is 2. The lowest BCUT2D eigenvalue weighted by molar-refractivity contribution is 0.0909. The van der Waals surface area contributed by atoms with E-state index in [1.807, 2.05) is 18.2 Å². The lowest BCUT2D eigenvalue weighted by Crippen LogP contribution is -2.24. The maximum absolute atomic E-state index is 13.4. The molecule has 0 aliphatic heterocycles. The summed E-state index contributed by atoms with van der Waals surface area (Å²) >= 11 is 7.11. The first kappa shape index (κ1) is 21.1. The Bertz CT molecular complexity index is 1450. The van der Waals surface area contributed by atoms with Crippen molar-refractivity contribution in [3.8, 4) is 0 Å². The highest BCUT2D eigenvalue weighted by molar-refractivity contribution is 7.93. The van der Waals surface area contributed by atoms with Crippen LogP contribution in [0.4, 0.5) is 5.69 Å². The number of rotatable bonds is 5. The largest absolute Gasteiger partial charge is 0.294 e. The molecule has 9 heteroatoms. The van der Waals surface area contributed by atoms with Crippen LogP contribution in [0.15, 0.2) is 65.6 Å². The number of benzene rings is 3. The number of nitrogens with one attached hydrogen (secondary N) is 1. The fraction of sp³-hybridized carbons (Fsp3) is 0.174. The van der Waals surface area contributed by atoms with Crippen molar-refractivity contribution in [1.29, 1.82) is 0 Å². The van der Waals surface area contributed by atoms with Crippen LogP contribution < -0.4 is 4.72 Å². The molecular formula is C23H18ClN3O3S2. The quantitative estimate of drug-likeness (QED) is 0.397. The number of halogens is 1. The van der Waals surface area contributed by atoms with Gasteiger partial charge < -0.3 is 0 Å². The van der Waals surface area contributed by atoms with Crippen LogP contribution in [0.25, 0.3) is 11.0 Å². The van der Waals surface area contributed by atoms with Crippen LogP contribution in [0.3, 0.4) is 0 Å². The highest BCUT2D eigenvalue weighted by Crippen LogP contribution is 2.32. The summed E-state index contributed by atoms with van der Waals surface area (Å²) < 4.78 is 37.2. The molecule has 0 bridgehead atoms. The fourth-order valence-corrected chi connectivity index (χ4v) is 6.17. The van der Waals surface area contributed by atoms with Gasteiger partial charge in [0.25, 0.3) is 10.0 Å². The van der Waals surface area contributed by atoms with Crippen molar-refractivity contribution in [3.05, 3.63) is 82.4 Å². The van der Waals surface area contributed by atoms with Crippen molar-refractivity contribution in [2.75, 3.05) is 4.72 Å². The highest BCUT2D eigenvalue weighted by Gasteiger charge is 2.29. The van der Waals surface area contributed by atoms with E-state index in [1.54, 1.807) is 24.3 Å². The topological polar surface area (TPSA) is 89.0 Å². The summed E-state index contributed by atoms with van der Waals surface area (Å²) in [6.07, 6.45) is 2.17. The summed E-state index contributed by atoms with van der Waals surface area (Å²) in [6.45, 7) is 0. The Balaban J connectivity index is 1.49. The molecule has 0 radical (unpaired) electrons. The van der Waals surface area contributed by atoms with Gasteiger partial charge in [0.1, 0.15) is 15.9 Å². The molecule has 162 valence electrons. The van der Waals surface area contributed by atoms with Crippen LogP contribution in [0.1, 0.15) is 27.9 Å². The van der Waals surface area contributed by atoms with Crippen LogP contribution in [0, 0.1) is 5.92 Å². The van der Waals surface area contributed by atoms with Gasteiger partial charge in [0.2, 0.25) is 0 Å². The second-order valence-corrected chi connectivity index (χ2v) is 10.4. The van der Waals surface area contributed by atoms with E-state index in [2.05, 4.69) is 19.5 Å². The fourth-order valence-electron chi connectivity index (χ4n) is 4.16. The lowest BCUT2D eigenvalue weighted by atomic mass is 9.80. The van der Waals surface area contributed by atoms with E-state index in [0.29, 0.717) is 34.5 Å². The highest BCUT2D eigenvalue weighted by atomic mass is 35.5. The minimum Gasteiger partial charge on any atom is -0.294 e. The predicted molar refractivity (Wildman–Crippen MR) is 126 cm³/mol. The number of fused-ring (bicyclic) bond motifs is 2. The van der Waals surface area contributed by atoms with E-state index >= 15 is 0 Å². The zero-order valence-corrected chi connectivity index (χ0v) is 19.2. The number of aryl methyl sites for hydroxylation is 1. The van der Waals surface area contributed by atoms with Gasteiger partial charge in [0, 0.05) is 16.5 Å². The molecule has 1 aliphatic rings. The normalized spacial score (nSPS) is 16.0. The second-order valence-electron chi connectivity index (χ2n) is 7.76. The number of hydrogen-bond donors (Lipinski definition) is 1. The molecule has 6 nitrogen and oxygen atoms in total. The molecule has 5 rings (SSSR count). The molecule has 1 N–H and O–H groups in total. The molecule has 3 aromatic carbocycles. The van der Waals surface area contributed by atoms with Crippen LogP contribution in [-0.2, 0) is 22.9 Å². The van der Waals surface area contributed by atoms with Gasteiger partial charge >= 0.3 is 0 Å². The Morgan fingerprint density at radius 2 is 1.84 bits per heavy atom. The van der Waals surface area contributed by atoms with Crippen molar-refractivity contribution in [1.82, 2.24) is 8.75 Å². The molecule has 0 fully saturated rings. The van der Waals surface area contributed by atoms with E-state index in [9.17, 15) is 13.2 Å². The van der Waals surface area contributed by atoms with Gasteiger partial charge in [-0.25, -0.2) is 8.42 Å². The molecule has 1 heterocycles. The number of Topliss-reactive ketones (excluding diaryl/α,β-unsaturated/α-hetero) is 1. The Kier molecular flexibility index (Phi) is 5.44. The Labute approximate surface area is 194 Å². The van der Waals surface area contributed by atoms with Crippen molar-refractivity contribution < 1.29 is 13.2 Å². The van der Waals surface area contributed by atoms with Gasteiger partial charge in [0.05, 0.1) is 17.4 Å². The number of carbonyl (C=O) groups is 1. The zero-order valence-electron chi connectivity index (χ0n) is 16.8. The van der Waals surface area contributed by atoms with Crippen LogP contribution in [-0.4, -0.2) is 22.9 Å². The molecular weight excluding hydrogens is 466 g/mol. The average molecular weight is 484 g/mol. The van der Waals surface area contributed by atoms with Crippen LogP contribution in [0.5, 0.6) is 0 Å². The molecule has 1 atom stereocenters. The predicted octanol–water partition coefficient (Wildman–Crippen LogP) is 5.13. The van der Waals surface area contributed by atoms with Gasteiger partial charge in [-0.15, -0.1) is 0 Å². The number of anilines is 1. The van der Waals surface area contributed by atoms with E-state index < -0.39 is 10.0 Å². The smallest absolute Gasteiger partial charge is 0.264 e. The molecule has 0 amide bonds. The first-order valence-corrected chi connectivity index (χ1v) is 12.7. The van der Waals surface area contributed by atoms with Gasteiger partial charge in [-0.2, -0.15) is 8.75 Å². The first-order valence-electron chi connectivity index (χ1n) is 10.1. The van der Waals surface area contributed by atoms with Gasteiger partial charge in [-0.3, -0.25) is 9.52 Å². The van der Waals surface area contributed by atoms with E-state index in [0.717, 1.165) is 23.7 Å². The maximum Gasteiger partial charge on any atom is 0.264 e. The van der Waals surface area contributed by atoms with Crippen LogP contribution >= 0.6 is 23.3 Å². The summed E-state index contributed by atoms with van der Waals surface area (Å²) in [7, 11) is -4.02. The minimum atomic E-state index is -4.02. The molecule has 0 spiro atoms. The Morgan fingerprint density at radius 1 is 1.03 bits per heavy atom. The molecule has 1 unspecified atom stereocenters. The molecule has 0 saturated carbocycles. The molecule has 0 saturated heterocycles. The van der Waals surface area contributed by atoms with Gasteiger partial charge in [-0.1, -0.05) is 41.9 Å². The molecule has 32 heavy (non-hydrogen) atoms.